The lowest BCUT2D eigenvalue weighted by atomic mass is 10.2. The van der Waals surface area contributed by atoms with Crippen molar-refractivity contribution in [3.63, 3.8) is 0 Å². The number of benzene rings is 1. The first kappa shape index (κ1) is 12.4. The molecular formula is C11H6BrFN2O3. The molecule has 0 atom stereocenters. The van der Waals surface area contributed by atoms with Crippen molar-refractivity contribution in [2.45, 2.75) is 0 Å². The minimum absolute atomic E-state index is 0.0243. The summed E-state index contributed by atoms with van der Waals surface area (Å²) in [5.41, 5.74) is -1.24. The van der Waals surface area contributed by atoms with Gasteiger partial charge in [0, 0.05) is 10.7 Å². The second-order valence-corrected chi connectivity index (χ2v) is 4.32. The Bertz CT molecular complexity index is 684. The molecule has 0 bridgehead atoms. The first-order valence-electron chi connectivity index (χ1n) is 4.77. The third-order valence-corrected chi connectivity index (χ3v) is 2.71. The van der Waals surface area contributed by atoms with Gasteiger partial charge in [-0.2, -0.15) is 0 Å². The maximum atomic E-state index is 13.5. The number of nitrogens with one attached hydrogen (secondary N) is 1. The van der Waals surface area contributed by atoms with E-state index in [1.54, 1.807) is 0 Å². The van der Waals surface area contributed by atoms with Crippen LogP contribution in [0.2, 0.25) is 0 Å². The molecule has 1 aromatic carbocycles. The lowest BCUT2D eigenvalue weighted by Gasteiger charge is -2.03. The minimum Gasteiger partial charge on any atom is -0.477 e. The van der Waals surface area contributed by atoms with Crippen LogP contribution in [0.4, 0.5) is 4.39 Å². The molecule has 0 aliphatic carbocycles. The molecule has 0 aliphatic rings. The Labute approximate surface area is 108 Å². The number of hydrogen-bond acceptors (Lipinski definition) is 3. The average Bonchev–Trinajstić information content (AvgIpc) is 2.31. The lowest BCUT2D eigenvalue weighted by Crippen LogP contribution is -2.18. The molecule has 18 heavy (non-hydrogen) atoms. The van der Waals surface area contributed by atoms with Crippen LogP contribution in [0.3, 0.4) is 0 Å². The van der Waals surface area contributed by atoms with Crippen LogP contribution in [0.15, 0.2) is 33.7 Å². The van der Waals surface area contributed by atoms with E-state index in [-0.39, 0.29) is 11.4 Å². The molecule has 0 saturated heterocycles. The van der Waals surface area contributed by atoms with E-state index in [0.29, 0.717) is 4.47 Å². The van der Waals surface area contributed by atoms with Gasteiger partial charge in [0.25, 0.3) is 5.56 Å². The molecule has 0 spiro atoms. The first-order chi connectivity index (χ1) is 8.49. The molecule has 0 fully saturated rings. The van der Waals surface area contributed by atoms with Gasteiger partial charge in [0.2, 0.25) is 0 Å². The number of halogens is 2. The number of aromatic carboxylic acids is 1. The normalized spacial score (nSPS) is 10.3. The Morgan fingerprint density at radius 2 is 2.17 bits per heavy atom. The molecule has 2 aromatic rings. The van der Waals surface area contributed by atoms with Crippen LogP contribution in [0, 0.1) is 5.82 Å². The number of aromatic nitrogens is 2. The first-order valence-corrected chi connectivity index (χ1v) is 5.56. The van der Waals surface area contributed by atoms with Crippen LogP contribution in [-0.2, 0) is 0 Å². The van der Waals surface area contributed by atoms with Gasteiger partial charge >= 0.3 is 5.97 Å². The maximum Gasteiger partial charge on any atom is 0.342 e. The van der Waals surface area contributed by atoms with Gasteiger partial charge in [0.1, 0.15) is 17.2 Å². The molecule has 0 aliphatic heterocycles. The summed E-state index contributed by atoms with van der Waals surface area (Å²) < 4.78 is 14.2. The monoisotopic (exact) mass is 312 g/mol. The van der Waals surface area contributed by atoms with Gasteiger partial charge in [-0.25, -0.2) is 14.2 Å². The molecular weight excluding hydrogens is 307 g/mol. The van der Waals surface area contributed by atoms with Gasteiger partial charge < -0.3 is 10.1 Å². The summed E-state index contributed by atoms with van der Waals surface area (Å²) in [7, 11) is 0. The molecule has 1 heterocycles. The van der Waals surface area contributed by atoms with Crippen molar-refractivity contribution in [1.82, 2.24) is 9.97 Å². The number of rotatable bonds is 2. The SMILES string of the molecule is O=C(O)c1cnc(-c2cc(Br)ccc2F)[nH]c1=O. The molecule has 1 aromatic heterocycles. The number of carboxylic acids is 1. The molecule has 92 valence electrons. The van der Waals surface area contributed by atoms with Crippen LogP contribution >= 0.6 is 15.9 Å². The number of H-pyrrole nitrogens is 1. The summed E-state index contributed by atoms with van der Waals surface area (Å²) in [6, 6.07) is 4.15. The van der Waals surface area contributed by atoms with Crippen LogP contribution in [0.25, 0.3) is 11.4 Å². The Hall–Kier alpha value is -2.02. The summed E-state index contributed by atoms with van der Waals surface area (Å²) in [4.78, 5) is 28.1. The summed E-state index contributed by atoms with van der Waals surface area (Å²) in [5.74, 6) is -1.97. The molecule has 0 unspecified atom stereocenters. The molecule has 2 rings (SSSR count). The predicted octanol–water partition coefficient (Wildman–Crippen LogP) is 2.04. The molecule has 5 nitrogen and oxygen atoms in total. The van der Waals surface area contributed by atoms with Crippen LogP contribution in [-0.4, -0.2) is 21.0 Å². The molecule has 0 radical (unpaired) electrons. The van der Waals surface area contributed by atoms with E-state index in [4.69, 9.17) is 5.11 Å². The summed E-state index contributed by atoms with van der Waals surface area (Å²) in [6.07, 6.45) is 0.900. The van der Waals surface area contributed by atoms with Crippen molar-refractivity contribution in [2.75, 3.05) is 0 Å². The summed E-state index contributed by atoms with van der Waals surface area (Å²) >= 11 is 3.17. The number of nitrogens with zero attached hydrogens (tertiary/aromatic N) is 1. The highest BCUT2D eigenvalue weighted by Crippen LogP contribution is 2.22. The van der Waals surface area contributed by atoms with Crippen molar-refractivity contribution in [3.05, 3.63) is 50.6 Å². The van der Waals surface area contributed by atoms with Crippen molar-refractivity contribution in [2.24, 2.45) is 0 Å². The number of hydrogen-bond donors (Lipinski definition) is 2. The standard InChI is InChI=1S/C11H6BrFN2O3/c12-5-1-2-8(13)6(3-5)9-14-4-7(11(17)18)10(16)15-9/h1-4H,(H,17,18)(H,14,15,16). The number of carboxylic acid groups (broad SMARTS) is 1. The van der Waals surface area contributed by atoms with Crippen LogP contribution in [0.1, 0.15) is 10.4 Å². The Kier molecular flexibility index (Phi) is 3.24. The van der Waals surface area contributed by atoms with Crippen LogP contribution in [0.5, 0.6) is 0 Å². The zero-order valence-corrected chi connectivity index (χ0v) is 10.4. The topological polar surface area (TPSA) is 83.0 Å². The Morgan fingerprint density at radius 1 is 1.44 bits per heavy atom. The van der Waals surface area contributed by atoms with Gasteiger partial charge in [-0.3, -0.25) is 4.79 Å². The zero-order chi connectivity index (χ0) is 13.3. The van der Waals surface area contributed by atoms with E-state index in [9.17, 15) is 14.0 Å². The van der Waals surface area contributed by atoms with E-state index in [1.807, 2.05) is 0 Å². The van der Waals surface area contributed by atoms with E-state index < -0.39 is 22.9 Å². The van der Waals surface area contributed by atoms with Crippen molar-refractivity contribution in [3.8, 4) is 11.4 Å². The van der Waals surface area contributed by atoms with Crippen molar-refractivity contribution >= 4 is 21.9 Å². The van der Waals surface area contributed by atoms with Crippen molar-refractivity contribution < 1.29 is 14.3 Å². The fraction of sp³-hybridized carbons (Fsp3) is 0. The van der Waals surface area contributed by atoms with Crippen LogP contribution < -0.4 is 5.56 Å². The highest BCUT2D eigenvalue weighted by molar-refractivity contribution is 9.10. The lowest BCUT2D eigenvalue weighted by molar-refractivity contribution is 0.0694. The van der Waals surface area contributed by atoms with E-state index in [1.165, 1.54) is 18.2 Å². The Morgan fingerprint density at radius 3 is 2.78 bits per heavy atom. The second kappa shape index (κ2) is 4.69. The van der Waals surface area contributed by atoms with Crippen molar-refractivity contribution in [1.29, 1.82) is 0 Å². The average molecular weight is 313 g/mol. The molecule has 7 heteroatoms. The molecule has 0 saturated carbocycles. The summed E-state index contributed by atoms with van der Waals surface area (Å²) in [6.45, 7) is 0. The van der Waals surface area contributed by atoms with Gasteiger partial charge in [-0.1, -0.05) is 15.9 Å². The van der Waals surface area contributed by atoms with Gasteiger partial charge in [-0.05, 0) is 18.2 Å². The number of carbonyl (C=O) groups is 1. The van der Waals surface area contributed by atoms with E-state index in [2.05, 4.69) is 25.9 Å². The zero-order valence-electron chi connectivity index (χ0n) is 8.78. The minimum atomic E-state index is -1.38. The predicted molar refractivity (Wildman–Crippen MR) is 64.9 cm³/mol. The molecule has 2 N–H and O–H groups in total. The number of aromatic amines is 1. The van der Waals surface area contributed by atoms with Gasteiger partial charge in [-0.15, -0.1) is 0 Å². The third kappa shape index (κ3) is 2.30. The third-order valence-electron chi connectivity index (χ3n) is 2.21. The quantitative estimate of drug-likeness (QED) is 0.889. The largest absolute Gasteiger partial charge is 0.477 e. The molecule has 0 amide bonds. The fourth-order valence-electron chi connectivity index (χ4n) is 1.36. The highest BCUT2D eigenvalue weighted by Gasteiger charge is 2.13. The second-order valence-electron chi connectivity index (χ2n) is 3.40. The summed E-state index contributed by atoms with van der Waals surface area (Å²) in [5, 5.41) is 8.68. The highest BCUT2D eigenvalue weighted by atomic mass is 79.9. The van der Waals surface area contributed by atoms with Gasteiger partial charge in [0.15, 0.2) is 0 Å². The maximum absolute atomic E-state index is 13.5. The Balaban J connectivity index is 2.59. The van der Waals surface area contributed by atoms with Gasteiger partial charge in [0.05, 0.1) is 5.56 Å². The van der Waals surface area contributed by atoms with E-state index in [0.717, 1.165) is 6.20 Å². The fourth-order valence-corrected chi connectivity index (χ4v) is 1.72. The van der Waals surface area contributed by atoms with E-state index >= 15 is 0 Å². The smallest absolute Gasteiger partial charge is 0.342 e.